The highest BCUT2D eigenvalue weighted by atomic mass is 32.1. The largest absolute Gasteiger partial charge is 0.360 e. The molecular formula is C11H15N3S2. The average molecular weight is 253 g/mol. The Bertz CT molecular complexity index is 409. The number of aromatic nitrogens is 2. The molecule has 2 aromatic heterocycles. The van der Waals surface area contributed by atoms with Crippen LogP contribution in [0.25, 0.3) is 0 Å². The number of aryl methyl sites for hydroxylation is 1. The summed E-state index contributed by atoms with van der Waals surface area (Å²) in [5.74, 6) is 0.964. The molecule has 0 bridgehead atoms. The van der Waals surface area contributed by atoms with Crippen LogP contribution >= 0.6 is 22.9 Å². The zero-order chi connectivity index (χ0) is 11.2. The van der Waals surface area contributed by atoms with Crippen LogP contribution in [0.15, 0.2) is 17.5 Å². The summed E-state index contributed by atoms with van der Waals surface area (Å²) in [5.41, 5.74) is 0. The van der Waals surface area contributed by atoms with Crippen molar-refractivity contribution in [3.05, 3.63) is 28.2 Å². The van der Waals surface area contributed by atoms with Crippen LogP contribution < -0.4 is 5.32 Å². The Labute approximate surface area is 104 Å². The van der Waals surface area contributed by atoms with Gasteiger partial charge in [0.1, 0.15) is 5.82 Å². The van der Waals surface area contributed by atoms with Crippen molar-refractivity contribution in [2.24, 2.45) is 0 Å². The van der Waals surface area contributed by atoms with Gasteiger partial charge in [-0.25, -0.2) is 4.98 Å². The first-order valence-corrected chi connectivity index (χ1v) is 7.12. The van der Waals surface area contributed by atoms with Crippen molar-refractivity contribution in [1.82, 2.24) is 9.36 Å². The van der Waals surface area contributed by atoms with E-state index in [9.17, 15) is 0 Å². The van der Waals surface area contributed by atoms with E-state index >= 15 is 0 Å². The molecule has 0 fully saturated rings. The highest BCUT2D eigenvalue weighted by molar-refractivity contribution is 7.10. The van der Waals surface area contributed by atoms with E-state index in [1.807, 2.05) is 0 Å². The van der Waals surface area contributed by atoms with Gasteiger partial charge in [-0.2, -0.15) is 4.37 Å². The zero-order valence-electron chi connectivity index (χ0n) is 9.27. The molecule has 0 atom stereocenters. The second-order valence-electron chi connectivity index (χ2n) is 3.52. The van der Waals surface area contributed by atoms with Crippen molar-refractivity contribution in [3.63, 3.8) is 0 Å². The third kappa shape index (κ3) is 3.28. The van der Waals surface area contributed by atoms with Crippen molar-refractivity contribution < 1.29 is 0 Å². The van der Waals surface area contributed by atoms with Gasteiger partial charge in [-0.05, 0) is 24.3 Å². The second-order valence-corrected chi connectivity index (χ2v) is 5.31. The first-order chi connectivity index (χ1) is 7.88. The quantitative estimate of drug-likeness (QED) is 0.859. The van der Waals surface area contributed by atoms with Crippen LogP contribution in [0.3, 0.4) is 0 Å². The molecule has 86 valence electrons. The van der Waals surface area contributed by atoms with Gasteiger partial charge in [-0.3, -0.25) is 0 Å². The van der Waals surface area contributed by atoms with Gasteiger partial charge in [0.2, 0.25) is 5.13 Å². The number of hydrogen-bond donors (Lipinski definition) is 1. The van der Waals surface area contributed by atoms with Crippen molar-refractivity contribution in [2.45, 2.75) is 26.2 Å². The molecule has 3 nitrogen and oxygen atoms in total. The van der Waals surface area contributed by atoms with E-state index in [0.717, 1.165) is 36.8 Å². The smallest absolute Gasteiger partial charge is 0.202 e. The highest BCUT2D eigenvalue weighted by Crippen LogP contribution is 2.13. The Morgan fingerprint density at radius 2 is 2.31 bits per heavy atom. The lowest BCUT2D eigenvalue weighted by molar-refractivity contribution is 0.860. The third-order valence-electron chi connectivity index (χ3n) is 2.17. The minimum Gasteiger partial charge on any atom is -0.360 e. The number of nitrogens with one attached hydrogen (secondary N) is 1. The Balaban J connectivity index is 1.76. The van der Waals surface area contributed by atoms with Crippen LogP contribution in [0.4, 0.5) is 5.13 Å². The molecule has 16 heavy (non-hydrogen) atoms. The number of hydrogen-bond acceptors (Lipinski definition) is 5. The molecule has 0 aliphatic heterocycles. The topological polar surface area (TPSA) is 37.8 Å². The molecule has 0 saturated carbocycles. The molecule has 0 unspecified atom stereocenters. The van der Waals surface area contributed by atoms with E-state index in [1.165, 1.54) is 16.4 Å². The molecule has 5 heteroatoms. The van der Waals surface area contributed by atoms with Crippen LogP contribution in [0, 0.1) is 0 Å². The van der Waals surface area contributed by atoms with Crippen LogP contribution in [0.2, 0.25) is 0 Å². The first-order valence-electron chi connectivity index (χ1n) is 5.47. The maximum atomic E-state index is 4.42. The van der Waals surface area contributed by atoms with Gasteiger partial charge < -0.3 is 5.32 Å². The van der Waals surface area contributed by atoms with Gasteiger partial charge in [0.15, 0.2) is 0 Å². The Morgan fingerprint density at radius 1 is 1.38 bits per heavy atom. The van der Waals surface area contributed by atoms with Crippen molar-refractivity contribution in [1.29, 1.82) is 0 Å². The van der Waals surface area contributed by atoms with Crippen molar-refractivity contribution >= 4 is 28.0 Å². The van der Waals surface area contributed by atoms with E-state index in [2.05, 4.69) is 39.1 Å². The van der Waals surface area contributed by atoms with Gasteiger partial charge in [0.05, 0.1) is 0 Å². The van der Waals surface area contributed by atoms with E-state index in [4.69, 9.17) is 0 Å². The van der Waals surface area contributed by atoms with E-state index in [-0.39, 0.29) is 0 Å². The van der Waals surface area contributed by atoms with Crippen molar-refractivity contribution in [3.8, 4) is 0 Å². The standard InChI is InChI=1S/C11H15N3S2/c1-2-4-10-13-11(16-14-10)12-7-6-9-5-3-8-15-9/h3,5,8H,2,4,6-7H2,1H3,(H,12,13,14). The molecule has 2 aromatic rings. The van der Waals surface area contributed by atoms with Gasteiger partial charge in [-0.1, -0.05) is 13.0 Å². The average Bonchev–Trinajstić information content (AvgIpc) is 2.90. The Morgan fingerprint density at radius 3 is 3.06 bits per heavy atom. The summed E-state index contributed by atoms with van der Waals surface area (Å²) in [6.45, 7) is 3.08. The number of anilines is 1. The molecule has 0 aliphatic carbocycles. The monoisotopic (exact) mass is 253 g/mol. The molecule has 0 amide bonds. The molecule has 0 radical (unpaired) electrons. The molecule has 0 saturated heterocycles. The normalized spacial score (nSPS) is 10.6. The minimum absolute atomic E-state index is 0.932. The predicted molar refractivity (Wildman–Crippen MR) is 70.4 cm³/mol. The molecule has 2 heterocycles. The SMILES string of the molecule is CCCc1nsc(NCCc2cccs2)n1. The fourth-order valence-electron chi connectivity index (χ4n) is 1.40. The van der Waals surface area contributed by atoms with Gasteiger partial charge in [0, 0.05) is 29.4 Å². The van der Waals surface area contributed by atoms with Crippen molar-refractivity contribution in [2.75, 3.05) is 11.9 Å². The third-order valence-corrected chi connectivity index (χ3v) is 3.82. The second kappa shape index (κ2) is 5.96. The Hall–Kier alpha value is -0.940. The summed E-state index contributed by atoms with van der Waals surface area (Å²) in [4.78, 5) is 5.83. The molecule has 2 rings (SSSR count). The van der Waals surface area contributed by atoms with Gasteiger partial charge in [0.25, 0.3) is 0 Å². The number of nitrogens with zero attached hydrogens (tertiary/aromatic N) is 2. The highest BCUT2D eigenvalue weighted by Gasteiger charge is 2.02. The lowest BCUT2D eigenvalue weighted by Gasteiger charge is -1.99. The predicted octanol–water partition coefficient (Wildman–Crippen LogP) is 3.21. The Kier molecular flexibility index (Phi) is 4.30. The summed E-state index contributed by atoms with van der Waals surface area (Å²) >= 11 is 3.26. The van der Waals surface area contributed by atoms with E-state index in [1.54, 1.807) is 11.3 Å². The van der Waals surface area contributed by atoms with Gasteiger partial charge in [-0.15, -0.1) is 11.3 Å². The zero-order valence-corrected chi connectivity index (χ0v) is 10.9. The molecule has 0 aromatic carbocycles. The molecule has 0 aliphatic rings. The first kappa shape index (κ1) is 11.5. The van der Waals surface area contributed by atoms with E-state index in [0.29, 0.717) is 0 Å². The molecular weight excluding hydrogens is 238 g/mol. The van der Waals surface area contributed by atoms with Crippen LogP contribution in [-0.2, 0) is 12.8 Å². The lowest BCUT2D eigenvalue weighted by atomic mass is 10.3. The number of thiophene rings is 1. The summed E-state index contributed by atoms with van der Waals surface area (Å²) < 4.78 is 4.29. The van der Waals surface area contributed by atoms with E-state index < -0.39 is 0 Å². The summed E-state index contributed by atoms with van der Waals surface area (Å²) in [5, 5.41) is 6.37. The lowest BCUT2D eigenvalue weighted by Crippen LogP contribution is -2.03. The maximum Gasteiger partial charge on any atom is 0.202 e. The maximum absolute atomic E-state index is 4.42. The van der Waals surface area contributed by atoms with Crippen LogP contribution in [-0.4, -0.2) is 15.9 Å². The van der Waals surface area contributed by atoms with Gasteiger partial charge >= 0.3 is 0 Å². The molecule has 1 N–H and O–H groups in total. The van der Waals surface area contributed by atoms with Crippen LogP contribution in [0.1, 0.15) is 24.0 Å². The summed E-state index contributed by atoms with van der Waals surface area (Å²) in [6, 6.07) is 4.25. The summed E-state index contributed by atoms with van der Waals surface area (Å²) in [6.07, 6.45) is 3.13. The number of rotatable bonds is 6. The summed E-state index contributed by atoms with van der Waals surface area (Å²) in [7, 11) is 0. The minimum atomic E-state index is 0.932. The fourth-order valence-corrected chi connectivity index (χ4v) is 2.74. The molecule has 0 spiro atoms. The van der Waals surface area contributed by atoms with Crippen LogP contribution in [0.5, 0.6) is 0 Å². The fraction of sp³-hybridized carbons (Fsp3) is 0.455.